The second-order valence-electron chi connectivity index (χ2n) is 6.18. The number of nitrogens with one attached hydrogen (secondary N) is 1. The molecule has 122 valence electrons. The molecule has 22 heavy (non-hydrogen) atoms. The van der Waals surface area contributed by atoms with Crippen LogP contribution in [0.5, 0.6) is 0 Å². The lowest BCUT2D eigenvalue weighted by atomic mass is 10.2. The second-order valence-corrected chi connectivity index (χ2v) is 7.22. The highest BCUT2D eigenvalue weighted by Crippen LogP contribution is 2.22. The van der Waals surface area contributed by atoms with Gasteiger partial charge in [0.25, 0.3) is 0 Å². The van der Waals surface area contributed by atoms with Crippen molar-refractivity contribution in [1.29, 1.82) is 0 Å². The van der Waals surface area contributed by atoms with Crippen molar-refractivity contribution < 1.29 is 9.53 Å². The van der Waals surface area contributed by atoms with E-state index in [2.05, 4.69) is 21.7 Å². The number of thiophene rings is 1. The van der Waals surface area contributed by atoms with E-state index in [1.54, 1.807) is 16.2 Å². The van der Waals surface area contributed by atoms with Gasteiger partial charge in [0.05, 0.1) is 12.7 Å². The van der Waals surface area contributed by atoms with E-state index in [-0.39, 0.29) is 12.1 Å². The molecule has 2 saturated heterocycles. The third-order valence-corrected chi connectivity index (χ3v) is 5.50. The van der Waals surface area contributed by atoms with Gasteiger partial charge in [-0.05, 0) is 37.3 Å². The Labute approximate surface area is 136 Å². The van der Waals surface area contributed by atoms with Crippen LogP contribution in [0.4, 0.5) is 4.79 Å². The third-order valence-electron chi connectivity index (χ3n) is 4.56. The summed E-state index contributed by atoms with van der Waals surface area (Å²) in [5.41, 5.74) is 0. The van der Waals surface area contributed by atoms with Crippen molar-refractivity contribution in [3.8, 4) is 0 Å². The summed E-state index contributed by atoms with van der Waals surface area (Å²) in [7, 11) is 1.85. The minimum absolute atomic E-state index is 0.0105. The maximum absolute atomic E-state index is 12.1. The Morgan fingerprint density at radius 2 is 2.50 bits per heavy atom. The molecule has 3 heterocycles. The van der Waals surface area contributed by atoms with Gasteiger partial charge in [-0.2, -0.15) is 0 Å². The van der Waals surface area contributed by atoms with E-state index < -0.39 is 0 Å². The molecule has 2 atom stereocenters. The molecule has 0 aromatic carbocycles. The average molecular weight is 323 g/mol. The summed E-state index contributed by atoms with van der Waals surface area (Å²) in [4.78, 5) is 17.7. The number of likely N-dealkylation sites (N-methyl/N-ethyl adjacent to an activating group) is 1. The van der Waals surface area contributed by atoms with E-state index in [0.717, 1.165) is 26.1 Å². The molecule has 1 N–H and O–H groups in total. The van der Waals surface area contributed by atoms with Crippen molar-refractivity contribution >= 4 is 17.4 Å². The van der Waals surface area contributed by atoms with E-state index in [4.69, 9.17) is 4.74 Å². The van der Waals surface area contributed by atoms with Gasteiger partial charge in [-0.3, -0.25) is 4.90 Å². The lowest BCUT2D eigenvalue weighted by Crippen LogP contribution is -2.51. The number of fused-ring (bicyclic) bond motifs is 1. The van der Waals surface area contributed by atoms with E-state index in [9.17, 15) is 4.79 Å². The van der Waals surface area contributed by atoms with Crippen LogP contribution in [0.3, 0.4) is 0 Å². The fourth-order valence-electron chi connectivity index (χ4n) is 3.18. The van der Waals surface area contributed by atoms with Crippen LogP contribution in [0, 0.1) is 0 Å². The van der Waals surface area contributed by atoms with E-state index in [1.807, 2.05) is 13.1 Å². The molecule has 2 fully saturated rings. The lowest BCUT2D eigenvalue weighted by molar-refractivity contribution is -0.0460. The maximum Gasteiger partial charge on any atom is 0.317 e. The Morgan fingerprint density at radius 1 is 1.59 bits per heavy atom. The monoisotopic (exact) mass is 323 g/mol. The molecular formula is C16H25N3O2S. The standard InChI is InChI=1S/C16H25N3O2S/c1-18(8-6-15-5-3-9-22-15)16(20)17-10-14-11-19-7-2-4-13(19)12-21-14/h3,5,9,13-14H,2,4,6-8,10-12H2,1H3,(H,17,20)/t13-,14+/m1/s1. The first-order valence-electron chi connectivity index (χ1n) is 8.09. The van der Waals surface area contributed by atoms with Gasteiger partial charge in [-0.25, -0.2) is 4.79 Å². The fourth-order valence-corrected chi connectivity index (χ4v) is 3.88. The number of hydrogen-bond donors (Lipinski definition) is 1. The van der Waals surface area contributed by atoms with Gasteiger partial charge in [0.15, 0.2) is 0 Å². The van der Waals surface area contributed by atoms with E-state index in [0.29, 0.717) is 12.6 Å². The summed E-state index contributed by atoms with van der Waals surface area (Å²) in [6, 6.07) is 4.76. The molecule has 0 aliphatic carbocycles. The number of nitrogens with zero attached hydrogens (tertiary/aromatic N) is 2. The van der Waals surface area contributed by atoms with E-state index >= 15 is 0 Å². The number of amides is 2. The number of ether oxygens (including phenoxy) is 1. The maximum atomic E-state index is 12.1. The fraction of sp³-hybridized carbons (Fsp3) is 0.688. The zero-order chi connectivity index (χ0) is 15.4. The van der Waals surface area contributed by atoms with Crippen LogP contribution in [-0.2, 0) is 11.2 Å². The topological polar surface area (TPSA) is 44.8 Å². The largest absolute Gasteiger partial charge is 0.373 e. The number of carbonyl (C=O) groups excluding carboxylic acids is 1. The highest BCUT2D eigenvalue weighted by molar-refractivity contribution is 7.09. The molecular weight excluding hydrogens is 298 g/mol. The minimum atomic E-state index is -0.0105. The summed E-state index contributed by atoms with van der Waals surface area (Å²) in [5.74, 6) is 0. The van der Waals surface area contributed by atoms with Gasteiger partial charge in [0.2, 0.25) is 0 Å². The van der Waals surface area contributed by atoms with Crippen molar-refractivity contribution in [2.24, 2.45) is 0 Å². The van der Waals surface area contributed by atoms with Crippen LogP contribution in [0.2, 0.25) is 0 Å². The molecule has 0 radical (unpaired) electrons. The summed E-state index contributed by atoms with van der Waals surface area (Å²) >= 11 is 1.74. The van der Waals surface area contributed by atoms with Crippen molar-refractivity contribution in [2.45, 2.75) is 31.4 Å². The van der Waals surface area contributed by atoms with Crippen LogP contribution in [0.15, 0.2) is 17.5 Å². The Kier molecular flexibility index (Phi) is 5.33. The lowest BCUT2D eigenvalue weighted by Gasteiger charge is -2.35. The van der Waals surface area contributed by atoms with Gasteiger partial charge in [-0.15, -0.1) is 11.3 Å². The smallest absolute Gasteiger partial charge is 0.317 e. The molecule has 2 amide bonds. The molecule has 1 aromatic heterocycles. The van der Waals surface area contributed by atoms with Crippen LogP contribution >= 0.6 is 11.3 Å². The molecule has 5 nitrogen and oxygen atoms in total. The molecule has 2 aliphatic rings. The van der Waals surface area contributed by atoms with Crippen LogP contribution < -0.4 is 5.32 Å². The molecule has 0 unspecified atom stereocenters. The highest BCUT2D eigenvalue weighted by Gasteiger charge is 2.32. The Balaban J connectivity index is 1.36. The predicted molar refractivity (Wildman–Crippen MR) is 88.4 cm³/mol. The van der Waals surface area contributed by atoms with Gasteiger partial charge in [0, 0.05) is 37.6 Å². The quantitative estimate of drug-likeness (QED) is 0.899. The summed E-state index contributed by atoms with van der Waals surface area (Å²) in [6.07, 6.45) is 3.57. The average Bonchev–Trinajstić information content (AvgIpc) is 3.20. The molecule has 0 saturated carbocycles. The first-order valence-corrected chi connectivity index (χ1v) is 8.97. The van der Waals surface area contributed by atoms with E-state index in [1.165, 1.54) is 24.3 Å². The molecule has 2 aliphatic heterocycles. The minimum Gasteiger partial charge on any atom is -0.373 e. The number of carbonyl (C=O) groups is 1. The molecule has 6 heteroatoms. The third kappa shape index (κ3) is 4.00. The Bertz CT molecular complexity index is 480. The zero-order valence-electron chi connectivity index (χ0n) is 13.2. The zero-order valence-corrected chi connectivity index (χ0v) is 14.0. The van der Waals surface area contributed by atoms with Crippen LogP contribution in [-0.4, -0.2) is 67.8 Å². The summed E-state index contributed by atoms with van der Waals surface area (Å²) in [5, 5.41) is 5.07. The number of rotatable bonds is 5. The highest BCUT2D eigenvalue weighted by atomic mass is 32.1. The van der Waals surface area contributed by atoms with Gasteiger partial charge < -0.3 is 15.0 Å². The SMILES string of the molecule is CN(CCc1cccs1)C(=O)NC[C@H]1CN2CCC[C@@H]2CO1. The summed E-state index contributed by atoms with van der Waals surface area (Å²) < 4.78 is 5.87. The number of urea groups is 1. The Hall–Kier alpha value is -1.11. The Morgan fingerprint density at radius 3 is 3.32 bits per heavy atom. The van der Waals surface area contributed by atoms with Gasteiger partial charge >= 0.3 is 6.03 Å². The van der Waals surface area contributed by atoms with Crippen molar-refractivity contribution in [1.82, 2.24) is 15.1 Å². The van der Waals surface area contributed by atoms with Crippen LogP contribution in [0.1, 0.15) is 17.7 Å². The van der Waals surface area contributed by atoms with Crippen molar-refractivity contribution in [3.05, 3.63) is 22.4 Å². The molecule has 0 bridgehead atoms. The van der Waals surface area contributed by atoms with Gasteiger partial charge in [-0.1, -0.05) is 6.07 Å². The van der Waals surface area contributed by atoms with Crippen LogP contribution in [0.25, 0.3) is 0 Å². The first-order chi connectivity index (χ1) is 10.7. The predicted octanol–water partition coefficient (Wildman–Crippen LogP) is 1.80. The molecule has 0 spiro atoms. The van der Waals surface area contributed by atoms with Crippen molar-refractivity contribution in [2.75, 3.05) is 39.8 Å². The van der Waals surface area contributed by atoms with Gasteiger partial charge in [0.1, 0.15) is 0 Å². The number of morpholine rings is 1. The normalized spacial score (nSPS) is 25.0. The molecule has 1 aromatic rings. The summed E-state index contributed by atoms with van der Waals surface area (Å²) in [6.45, 7) is 4.29. The first kappa shape index (κ1) is 15.8. The number of hydrogen-bond acceptors (Lipinski definition) is 4. The second kappa shape index (κ2) is 7.44. The molecule has 3 rings (SSSR count). The van der Waals surface area contributed by atoms with Crippen molar-refractivity contribution in [3.63, 3.8) is 0 Å².